The number of carbonyl (C=O) groups is 1. The van der Waals surface area contributed by atoms with Crippen molar-refractivity contribution < 1.29 is 4.79 Å². The first-order valence-corrected chi connectivity index (χ1v) is 6.95. The van der Waals surface area contributed by atoms with Gasteiger partial charge in [-0.1, -0.05) is 16.6 Å². The van der Waals surface area contributed by atoms with Crippen molar-refractivity contribution in [1.29, 1.82) is 0 Å². The van der Waals surface area contributed by atoms with Crippen LogP contribution in [-0.2, 0) is 13.0 Å². The second-order valence-corrected chi connectivity index (χ2v) is 5.27. The molecule has 0 fully saturated rings. The molecule has 19 heavy (non-hydrogen) atoms. The molecule has 6 heteroatoms. The highest BCUT2D eigenvalue weighted by Crippen LogP contribution is 2.24. The number of rotatable bonds is 2. The maximum atomic E-state index is 12.2. The lowest BCUT2D eigenvalue weighted by molar-refractivity contribution is 0.102. The summed E-state index contributed by atoms with van der Waals surface area (Å²) < 4.78 is 3.79. The van der Waals surface area contributed by atoms with Crippen LogP contribution in [0.4, 0.5) is 5.69 Å². The SMILES string of the molecule is Cc1nnsc1C(=O)Nc1cccc2c1CCNC2. The number of anilines is 1. The Morgan fingerprint density at radius 1 is 1.47 bits per heavy atom. The minimum Gasteiger partial charge on any atom is -0.321 e. The third-order valence-electron chi connectivity index (χ3n) is 3.25. The van der Waals surface area contributed by atoms with Crippen LogP contribution in [0.1, 0.15) is 26.5 Å². The molecule has 1 amide bonds. The maximum absolute atomic E-state index is 12.2. The van der Waals surface area contributed by atoms with Crippen LogP contribution in [0, 0.1) is 6.92 Å². The lowest BCUT2D eigenvalue weighted by Gasteiger charge is -2.20. The number of aromatic nitrogens is 2. The Labute approximate surface area is 115 Å². The topological polar surface area (TPSA) is 66.9 Å². The van der Waals surface area contributed by atoms with Gasteiger partial charge in [-0.05, 0) is 48.6 Å². The Kier molecular flexibility index (Phi) is 3.27. The summed E-state index contributed by atoms with van der Waals surface area (Å²) in [6.07, 6.45) is 0.936. The van der Waals surface area contributed by atoms with Crippen LogP contribution in [-0.4, -0.2) is 22.0 Å². The zero-order valence-electron chi connectivity index (χ0n) is 10.6. The van der Waals surface area contributed by atoms with E-state index < -0.39 is 0 Å². The highest BCUT2D eigenvalue weighted by atomic mass is 32.1. The van der Waals surface area contributed by atoms with E-state index in [0.29, 0.717) is 10.6 Å². The number of nitrogens with zero attached hydrogens (tertiary/aromatic N) is 2. The van der Waals surface area contributed by atoms with Gasteiger partial charge in [0.25, 0.3) is 5.91 Å². The van der Waals surface area contributed by atoms with E-state index in [1.807, 2.05) is 12.1 Å². The van der Waals surface area contributed by atoms with Gasteiger partial charge in [0.15, 0.2) is 0 Å². The summed E-state index contributed by atoms with van der Waals surface area (Å²) in [4.78, 5) is 12.8. The van der Waals surface area contributed by atoms with E-state index in [1.54, 1.807) is 6.92 Å². The van der Waals surface area contributed by atoms with Gasteiger partial charge in [0, 0.05) is 12.2 Å². The van der Waals surface area contributed by atoms with Crippen LogP contribution < -0.4 is 10.6 Å². The molecule has 0 radical (unpaired) electrons. The van der Waals surface area contributed by atoms with Crippen LogP contribution in [0.25, 0.3) is 0 Å². The van der Waals surface area contributed by atoms with Crippen molar-refractivity contribution in [1.82, 2.24) is 14.9 Å². The normalized spacial score (nSPS) is 13.9. The van der Waals surface area contributed by atoms with Crippen LogP contribution >= 0.6 is 11.5 Å². The Balaban J connectivity index is 1.88. The average molecular weight is 274 g/mol. The smallest absolute Gasteiger partial charge is 0.269 e. The standard InChI is InChI=1S/C13H14N4OS/c1-8-12(19-17-16-8)13(18)15-11-4-2-3-9-7-14-6-5-10(9)11/h2-4,14H,5-7H2,1H3,(H,15,18). The predicted octanol–water partition coefficient (Wildman–Crippen LogP) is 1.74. The molecule has 1 aromatic carbocycles. The summed E-state index contributed by atoms with van der Waals surface area (Å²) in [5.74, 6) is -0.126. The molecule has 2 heterocycles. The van der Waals surface area contributed by atoms with Crippen molar-refractivity contribution in [3.05, 3.63) is 39.9 Å². The first kappa shape index (κ1) is 12.3. The fourth-order valence-corrected chi connectivity index (χ4v) is 2.82. The Morgan fingerprint density at radius 3 is 3.16 bits per heavy atom. The Hall–Kier alpha value is -1.79. The molecule has 98 valence electrons. The Morgan fingerprint density at radius 2 is 2.37 bits per heavy atom. The minimum absolute atomic E-state index is 0.126. The van der Waals surface area contributed by atoms with Gasteiger partial charge in [0.2, 0.25) is 0 Å². The van der Waals surface area contributed by atoms with E-state index in [9.17, 15) is 4.79 Å². The van der Waals surface area contributed by atoms with E-state index >= 15 is 0 Å². The predicted molar refractivity (Wildman–Crippen MR) is 74.5 cm³/mol. The van der Waals surface area contributed by atoms with Crippen molar-refractivity contribution in [2.24, 2.45) is 0 Å². The number of hydrogen-bond donors (Lipinski definition) is 2. The summed E-state index contributed by atoms with van der Waals surface area (Å²) in [6.45, 7) is 3.60. The van der Waals surface area contributed by atoms with Gasteiger partial charge in [-0.25, -0.2) is 0 Å². The molecule has 2 aromatic rings. The van der Waals surface area contributed by atoms with E-state index in [4.69, 9.17) is 0 Å². The van der Waals surface area contributed by atoms with Gasteiger partial charge in [-0.2, -0.15) is 0 Å². The molecule has 1 aliphatic heterocycles. The van der Waals surface area contributed by atoms with Crippen molar-refractivity contribution in [2.75, 3.05) is 11.9 Å². The van der Waals surface area contributed by atoms with E-state index in [0.717, 1.165) is 36.7 Å². The summed E-state index contributed by atoms with van der Waals surface area (Å²) >= 11 is 1.13. The fraction of sp³-hybridized carbons (Fsp3) is 0.308. The number of amides is 1. The van der Waals surface area contributed by atoms with Crippen LogP contribution in [0.3, 0.4) is 0 Å². The molecule has 0 aliphatic carbocycles. The molecule has 3 rings (SSSR count). The molecule has 0 bridgehead atoms. The molecule has 0 atom stereocenters. The van der Waals surface area contributed by atoms with Crippen molar-refractivity contribution in [3.63, 3.8) is 0 Å². The second-order valence-electron chi connectivity index (χ2n) is 4.51. The van der Waals surface area contributed by atoms with Gasteiger partial charge < -0.3 is 10.6 Å². The highest BCUT2D eigenvalue weighted by molar-refractivity contribution is 7.08. The maximum Gasteiger partial charge on any atom is 0.269 e. The Bertz CT molecular complexity index is 623. The molecule has 1 aliphatic rings. The lowest BCUT2D eigenvalue weighted by atomic mass is 9.99. The minimum atomic E-state index is -0.126. The summed E-state index contributed by atoms with van der Waals surface area (Å²) in [5.41, 5.74) is 4.05. The summed E-state index contributed by atoms with van der Waals surface area (Å²) in [5, 5.41) is 10.2. The van der Waals surface area contributed by atoms with Crippen LogP contribution in [0.15, 0.2) is 18.2 Å². The van der Waals surface area contributed by atoms with Crippen molar-refractivity contribution in [2.45, 2.75) is 19.9 Å². The molecular weight excluding hydrogens is 260 g/mol. The monoisotopic (exact) mass is 274 g/mol. The molecule has 0 spiro atoms. The van der Waals surface area contributed by atoms with Crippen LogP contribution in [0.5, 0.6) is 0 Å². The molecule has 1 aromatic heterocycles. The summed E-state index contributed by atoms with van der Waals surface area (Å²) in [7, 11) is 0. The number of fused-ring (bicyclic) bond motifs is 1. The third-order valence-corrected chi connectivity index (χ3v) is 4.07. The van der Waals surface area contributed by atoms with E-state index in [1.165, 1.54) is 11.1 Å². The number of benzene rings is 1. The van der Waals surface area contributed by atoms with Gasteiger partial charge in [-0.3, -0.25) is 4.79 Å². The average Bonchev–Trinajstić information content (AvgIpc) is 2.85. The fourth-order valence-electron chi connectivity index (χ4n) is 2.27. The first-order chi connectivity index (χ1) is 9.25. The van der Waals surface area contributed by atoms with Gasteiger partial charge in [-0.15, -0.1) is 5.10 Å². The molecule has 5 nitrogen and oxygen atoms in total. The molecule has 0 unspecified atom stereocenters. The number of nitrogens with one attached hydrogen (secondary N) is 2. The van der Waals surface area contributed by atoms with Gasteiger partial charge in [0.05, 0.1) is 5.69 Å². The molecular formula is C13H14N4OS. The largest absolute Gasteiger partial charge is 0.321 e. The highest BCUT2D eigenvalue weighted by Gasteiger charge is 2.17. The zero-order valence-corrected chi connectivity index (χ0v) is 11.4. The van der Waals surface area contributed by atoms with E-state index in [2.05, 4.69) is 26.3 Å². The van der Waals surface area contributed by atoms with Crippen molar-refractivity contribution in [3.8, 4) is 0 Å². The summed E-state index contributed by atoms with van der Waals surface area (Å²) in [6, 6.07) is 6.02. The molecule has 0 saturated heterocycles. The first-order valence-electron chi connectivity index (χ1n) is 6.17. The molecule has 2 N–H and O–H groups in total. The third kappa shape index (κ3) is 2.36. The number of aryl methyl sites for hydroxylation is 1. The van der Waals surface area contributed by atoms with Crippen LogP contribution in [0.2, 0.25) is 0 Å². The number of carbonyl (C=O) groups excluding carboxylic acids is 1. The quantitative estimate of drug-likeness (QED) is 0.875. The molecule has 0 saturated carbocycles. The number of hydrogen-bond acceptors (Lipinski definition) is 5. The lowest BCUT2D eigenvalue weighted by Crippen LogP contribution is -2.25. The zero-order chi connectivity index (χ0) is 13.2. The van der Waals surface area contributed by atoms with Crippen molar-refractivity contribution >= 4 is 23.1 Å². The van der Waals surface area contributed by atoms with Gasteiger partial charge >= 0.3 is 0 Å². The van der Waals surface area contributed by atoms with E-state index in [-0.39, 0.29) is 5.91 Å². The van der Waals surface area contributed by atoms with Gasteiger partial charge in [0.1, 0.15) is 4.88 Å². The second kappa shape index (κ2) is 5.07.